The highest BCUT2D eigenvalue weighted by atomic mass is 16.6. The molecule has 0 aliphatic heterocycles. The van der Waals surface area contributed by atoms with Crippen LogP contribution in [0.25, 0.3) is 0 Å². The van der Waals surface area contributed by atoms with Gasteiger partial charge < -0.3 is 39.8 Å². The van der Waals surface area contributed by atoms with Crippen molar-refractivity contribution in [1.29, 1.82) is 0 Å². The van der Waals surface area contributed by atoms with Gasteiger partial charge in [0.1, 0.15) is 6.61 Å². The zero-order valence-electron chi connectivity index (χ0n) is 27.0. The smallest absolute Gasteiger partial charge is 0.412 e. The van der Waals surface area contributed by atoms with Crippen LogP contribution >= 0.6 is 0 Å². The van der Waals surface area contributed by atoms with Gasteiger partial charge in [-0.15, -0.1) is 0 Å². The van der Waals surface area contributed by atoms with Crippen LogP contribution < -0.4 is 34.9 Å². The Kier molecular flexibility index (Phi) is 15.7. The first-order valence-electron chi connectivity index (χ1n) is 16.3. The molecule has 0 radical (unpaired) electrons. The van der Waals surface area contributed by atoms with Gasteiger partial charge in [0.15, 0.2) is 23.0 Å². The van der Waals surface area contributed by atoms with E-state index in [-0.39, 0.29) is 5.75 Å². The summed E-state index contributed by atoms with van der Waals surface area (Å²) >= 11 is 0. The maximum absolute atomic E-state index is 12.3. The van der Waals surface area contributed by atoms with Gasteiger partial charge in [-0.05, 0) is 95.8 Å². The molecule has 3 N–H and O–H groups in total. The van der Waals surface area contributed by atoms with Crippen LogP contribution in [0.2, 0.25) is 0 Å². The van der Waals surface area contributed by atoms with Crippen LogP contribution in [-0.4, -0.2) is 76.1 Å². The normalized spacial score (nSPS) is 14.1. The van der Waals surface area contributed by atoms with E-state index in [0.717, 1.165) is 80.9 Å². The summed E-state index contributed by atoms with van der Waals surface area (Å²) in [7, 11) is 1.65. The molecule has 1 atom stereocenters. The number of para-hydroxylation sites is 2. The molecular formula is C34H52N4O6. The number of rotatable bonds is 19. The van der Waals surface area contributed by atoms with Crippen molar-refractivity contribution in [3.63, 3.8) is 0 Å². The van der Waals surface area contributed by atoms with Gasteiger partial charge >= 0.3 is 12.2 Å². The molecule has 3 rings (SSSR count). The number of methoxy groups -OCH3 is 1. The van der Waals surface area contributed by atoms with E-state index in [9.17, 15) is 9.59 Å². The van der Waals surface area contributed by atoms with E-state index in [1.54, 1.807) is 13.2 Å². The lowest BCUT2D eigenvalue weighted by molar-refractivity contribution is 0.173. The lowest BCUT2D eigenvalue weighted by atomic mass is 9.86. The van der Waals surface area contributed by atoms with Gasteiger partial charge in [0.25, 0.3) is 0 Å². The molecule has 44 heavy (non-hydrogen) atoms. The van der Waals surface area contributed by atoms with Gasteiger partial charge in [-0.2, -0.15) is 0 Å². The number of hydrogen-bond acceptors (Lipinski definition) is 8. The molecule has 0 aromatic heterocycles. The van der Waals surface area contributed by atoms with E-state index in [0.29, 0.717) is 31.5 Å². The maximum atomic E-state index is 12.3. The van der Waals surface area contributed by atoms with Crippen molar-refractivity contribution < 1.29 is 28.5 Å². The Hall–Kier alpha value is -3.50. The average Bonchev–Trinajstić information content (AvgIpc) is 3.02. The SMILES string of the molecule is CCCN(CCCCCCNCCOc1ccccc1OC)[C@H]1CCc2c(ccc(OC(=O)NCC)c2OC(=O)NCC)C1. The Morgan fingerprint density at radius 1 is 0.841 bits per heavy atom. The predicted octanol–water partition coefficient (Wildman–Crippen LogP) is 5.71. The number of ether oxygens (including phenoxy) is 4. The first kappa shape index (κ1) is 35.0. The quantitative estimate of drug-likeness (QED) is 0.173. The fraction of sp³-hybridized carbons (Fsp3) is 0.588. The fourth-order valence-corrected chi connectivity index (χ4v) is 5.62. The van der Waals surface area contributed by atoms with Crippen molar-refractivity contribution in [1.82, 2.24) is 20.9 Å². The van der Waals surface area contributed by atoms with Crippen LogP contribution in [-0.2, 0) is 12.8 Å². The predicted molar refractivity (Wildman–Crippen MR) is 173 cm³/mol. The highest BCUT2D eigenvalue weighted by molar-refractivity contribution is 5.75. The third kappa shape index (κ3) is 11.2. The number of amides is 2. The number of nitrogens with zero attached hydrogens (tertiary/aromatic N) is 1. The number of fused-ring (bicyclic) bond motifs is 1. The summed E-state index contributed by atoms with van der Waals surface area (Å²) in [4.78, 5) is 27.1. The molecule has 0 bridgehead atoms. The second kappa shape index (κ2) is 19.7. The van der Waals surface area contributed by atoms with Crippen molar-refractivity contribution >= 4 is 12.2 Å². The topological polar surface area (TPSA) is 110 Å². The first-order chi connectivity index (χ1) is 21.5. The Morgan fingerprint density at radius 3 is 2.30 bits per heavy atom. The zero-order chi connectivity index (χ0) is 31.6. The van der Waals surface area contributed by atoms with Crippen molar-refractivity contribution in [2.75, 3.05) is 53.0 Å². The van der Waals surface area contributed by atoms with Crippen LogP contribution in [0.5, 0.6) is 23.0 Å². The van der Waals surface area contributed by atoms with Crippen LogP contribution in [0.1, 0.15) is 70.4 Å². The van der Waals surface area contributed by atoms with Crippen LogP contribution in [0.4, 0.5) is 9.59 Å². The first-order valence-corrected chi connectivity index (χ1v) is 16.3. The van der Waals surface area contributed by atoms with Gasteiger partial charge in [-0.1, -0.05) is 38.0 Å². The minimum absolute atomic E-state index is 0.267. The van der Waals surface area contributed by atoms with Gasteiger partial charge in [0, 0.05) is 31.2 Å². The number of benzene rings is 2. The van der Waals surface area contributed by atoms with Crippen molar-refractivity contribution in [3.05, 3.63) is 47.5 Å². The van der Waals surface area contributed by atoms with Crippen molar-refractivity contribution in [2.45, 2.75) is 78.2 Å². The van der Waals surface area contributed by atoms with Gasteiger partial charge in [-0.25, -0.2) is 9.59 Å². The molecule has 2 aromatic carbocycles. The molecule has 0 heterocycles. The van der Waals surface area contributed by atoms with E-state index in [2.05, 4.69) is 27.8 Å². The summed E-state index contributed by atoms with van der Waals surface area (Å²) in [6, 6.07) is 11.9. The zero-order valence-corrected chi connectivity index (χ0v) is 27.0. The summed E-state index contributed by atoms with van der Waals surface area (Å²) in [5.74, 6) is 2.15. The molecule has 0 saturated carbocycles. The van der Waals surface area contributed by atoms with E-state index >= 15 is 0 Å². The largest absolute Gasteiger partial charge is 0.493 e. The summed E-state index contributed by atoms with van der Waals surface area (Å²) < 4.78 is 22.3. The van der Waals surface area contributed by atoms with Crippen molar-refractivity contribution in [3.8, 4) is 23.0 Å². The molecule has 0 fully saturated rings. The fourth-order valence-electron chi connectivity index (χ4n) is 5.62. The second-order valence-corrected chi connectivity index (χ2v) is 11.0. The Labute approximate surface area is 263 Å². The van der Waals surface area contributed by atoms with Gasteiger partial charge in [0.2, 0.25) is 0 Å². The molecule has 10 heteroatoms. The molecule has 1 aliphatic carbocycles. The average molecular weight is 613 g/mol. The number of carbonyl (C=O) groups is 2. The van der Waals surface area contributed by atoms with Gasteiger partial charge in [0.05, 0.1) is 7.11 Å². The van der Waals surface area contributed by atoms with E-state index in [1.165, 1.54) is 19.3 Å². The lowest BCUT2D eigenvalue weighted by Gasteiger charge is -2.36. The molecule has 10 nitrogen and oxygen atoms in total. The summed E-state index contributed by atoms with van der Waals surface area (Å²) in [5.41, 5.74) is 2.09. The minimum Gasteiger partial charge on any atom is -0.493 e. The number of unbranched alkanes of at least 4 members (excludes halogenated alkanes) is 3. The molecule has 1 aliphatic rings. The number of carbonyl (C=O) groups excluding carboxylic acids is 2. The Balaban J connectivity index is 1.44. The van der Waals surface area contributed by atoms with Crippen LogP contribution in [0.15, 0.2) is 36.4 Å². The standard InChI is InChI=1S/C34H52N4O6/c1-5-22-38(23-13-9-8-12-20-35-21-24-42-30-15-11-10-14-29(30)41-4)27-17-18-28-26(25-27)16-19-31(43-33(39)36-6-2)32(28)44-34(40)37-7-3/h10-11,14-16,19,27,35H,5-9,12-13,17-18,20-25H2,1-4H3,(H,36,39)(H,37,40)/t27-/m0/s1. The summed E-state index contributed by atoms with van der Waals surface area (Å²) in [6.45, 7) is 11.3. The van der Waals surface area contributed by atoms with Crippen molar-refractivity contribution in [2.24, 2.45) is 0 Å². The minimum atomic E-state index is -0.565. The Bertz CT molecular complexity index is 1160. The Morgan fingerprint density at radius 2 is 1.57 bits per heavy atom. The molecule has 2 amide bonds. The van der Waals surface area contributed by atoms with E-state index in [1.807, 2.05) is 44.2 Å². The molecule has 0 saturated heterocycles. The maximum Gasteiger partial charge on any atom is 0.412 e. The van der Waals surface area contributed by atoms with E-state index < -0.39 is 12.2 Å². The summed E-state index contributed by atoms with van der Waals surface area (Å²) in [5, 5.41) is 8.78. The molecule has 244 valence electrons. The number of hydrogen-bond donors (Lipinski definition) is 3. The lowest BCUT2D eigenvalue weighted by Crippen LogP contribution is -2.40. The number of nitrogens with one attached hydrogen (secondary N) is 3. The molecular weight excluding hydrogens is 560 g/mol. The van der Waals surface area contributed by atoms with Crippen LogP contribution in [0, 0.1) is 0 Å². The third-order valence-electron chi connectivity index (χ3n) is 7.73. The van der Waals surface area contributed by atoms with E-state index in [4.69, 9.17) is 18.9 Å². The van der Waals surface area contributed by atoms with Crippen LogP contribution in [0.3, 0.4) is 0 Å². The highest BCUT2D eigenvalue weighted by Crippen LogP contribution is 2.39. The molecule has 0 unspecified atom stereocenters. The third-order valence-corrected chi connectivity index (χ3v) is 7.73. The highest BCUT2D eigenvalue weighted by Gasteiger charge is 2.29. The summed E-state index contributed by atoms with van der Waals surface area (Å²) in [6.07, 6.45) is 7.31. The monoisotopic (exact) mass is 612 g/mol. The molecule has 0 spiro atoms. The second-order valence-electron chi connectivity index (χ2n) is 11.0. The molecule has 2 aromatic rings. The van der Waals surface area contributed by atoms with Gasteiger partial charge in [-0.3, -0.25) is 0 Å².